The topological polar surface area (TPSA) is 54.5 Å². The lowest BCUT2D eigenvalue weighted by atomic mass is 9.94. The Morgan fingerprint density at radius 3 is 2.79 bits per heavy atom. The lowest BCUT2D eigenvalue weighted by Crippen LogP contribution is -2.39. The smallest absolute Gasteiger partial charge is 0.260 e. The third-order valence-electron chi connectivity index (χ3n) is 3.22. The molecule has 2 amide bonds. The van der Waals surface area contributed by atoms with Gasteiger partial charge in [-0.1, -0.05) is 12.1 Å². The van der Waals surface area contributed by atoms with Gasteiger partial charge in [-0.15, -0.1) is 11.6 Å². The van der Waals surface area contributed by atoms with Crippen LogP contribution in [0.5, 0.6) is 0 Å². The maximum Gasteiger partial charge on any atom is 0.260 e. The van der Waals surface area contributed by atoms with Crippen molar-refractivity contribution in [3.8, 4) is 0 Å². The number of amides is 2. The standard InChI is InChI=1S/C14H14ClNO3/c1-16-13(18)8-9-4-5-10(7-11(9)14(16)19)12(17)3-2-6-15/h4-5,7H,2-3,6,8H2,1H3. The van der Waals surface area contributed by atoms with E-state index in [-0.39, 0.29) is 24.0 Å². The molecule has 2 rings (SSSR count). The van der Waals surface area contributed by atoms with Crippen LogP contribution < -0.4 is 0 Å². The Bertz CT molecular complexity index is 554. The number of imide groups is 1. The molecule has 0 unspecified atom stereocenters. The number of Topliss-reactive ketones (excluding diaryl/α,β-unsaturated/α-hetero) is 1. The van der Waals surface area contributed by atoms with E-state index in [1.165, 1.54) is 7.05 Å². The fraction of sp³-hybridized carbons (Fsp3) is 0.357. The van der Waals surface area contributed by atoms with E-state index in [2.05, 4.69) is 0 Å². The van der Waals surface area contributed by atoms with E-state index in [1.54, 1.807) is 18.2 Å². The quantitative estimate of drug-likeness (QED) is 0.481. The third-order valence-corrected chi connectivity index (χ3v) is 3.49. The van der Waals surface area contributed by atoms with Crippen LogP contribution in [0, 0.1) is 0 Å². The fourth-order valence-electron chi connectivity index (χ4n) is 2.05. The predicted molar refractivity (Wildman–Crippen MR) is 71.5 cm³/mol. The summed E-state index contributed by atoms with van der Waals surface area (Å²) in [7, 11) is 1.45. The highest BCUT2D eigenvalue weighted by Crippen LogP contribution is 2.21. The molecule has 0 radical (unpaired) electrons. The molecular formula is C14H14ClNO3. The van der Waals surface area contributed by atoms with Crippen LogP contribution >= 0.6 is 11.6 Å². The van der Waals surface area contributed by atoms with Crippen molar-refractivity contribution < 1.29 is 14.4 Å². The van der Waals surface area contributed by atoms with Gasteiger partial charge in [0.15, 0.2) is 5.78 Å². The van der Waals surface area contributed by atoms with Gasteiger partial charge in [0, 0.05) is 30.5 Å². The maximum absolute atomic E-state index is 12.0. The molecule has 0 atom stereocenters. The SMILES string of the molecule is CN1C(=O)Cc2ccc(C(=O)CCCCl)cc2C1=O. The van der Waals surface area contributed by atoms with Crippen molar-refractivity contribution in [2.24, 2.45) is 0 Å². The van der Waals surface area contributed by atoms with Gasteiger partial charge in [-0.05, 0) is 18.1 Å². The Morgan fingerprint density at radius 2 is 2.11 bits per heavy atom. The highest BCUT2D eigenvalue weighted by Gasteiger charge is 2.28. The first kappa shape index (κ1) is 13.7. The van der Waals surface area contributed by atoms with Crippen LogP contribution in [-0.4, -0.2) is 35.4 Å². The van der Waals surface area contributed by atoms with Crippen LogP contribution in [0.4, 0.5) is 0 Å². The van der Waals surface area contributed by atoms with Crippen molar-refractivity contribution in [2.45, 2.75) is 19.3 Å². The van der Waals surface area contributed by atoms with Crippen LogP contribution in [0.15, 0.2) is 18.2 Å². The summed E-state index contributed by atoms with van der Waals surface area (Å²) in [5.41, 5.74) is 1.63. The van der Waals surface area contributed by atoms with E-state index in [9.17, 15) is 14.4 Å². The van der Waals surface area contributed by atoms with Crippen molar-refractivity contribution >= 4 is 29.2 Å². The van der Waals surface area contributed by atoms with Gasteiger partial charge in [-0.25, -0.2) is 0 Å². The molecule has 4 nitrogen and oxygen atoms in total. The van der Waals surface area contributed by atoms with Gasteiger partial charge < -0.3 is 0 Å². The van der Waals surface area contributed by atoms with E-state index >= 15 is 0 Å². The number of likely N-dealkylation sites (N-methyl/N-ethyl adjacent to an activating group) is 1. The molecule has 19 heavy (non-hydrogen) atoms. The summed E-state index contributed by atoms with van der Waals surface area (Å²) in [5, 5.41) is 0. The van der Waals surface area contributed by atoms with Gasteiger partial charge in [0.05, 0.1) is 6.42 Å². The Morgan fingerprint density at radius 1 is 1.37 bits per heavy atom. The summed E-state index contributed by atoms with van der Waals surface area (Å²) >= 11 is 5.56. The second kappa shape index (κ2) is 5.53. The van der Waals surface area contributed by atoms with Crippen molar-refractivity contribution in [1.82, 2.24) is 4.90 Å². The van der Waals surface area contributed by atoms with E-state index < -0.39 is 0 Å². The monoisotopic (exact) mass is 279 g/mol. The number of nitrogens with zero attached hydrogens (tertiary/aromatic N) is 1. The molecule has 0 spiro atoms. The van der Waals surface area contributed by atoms with E-state index in [1.807, 2.05) is 0 Å². The molecule has 0 aromatic heterocycles. The summed E-state index contributed by atoms with van der Waals surface area (Å²) in [6, 6.07) is 4.94. The number of rotatable bonds is 4. The summed E-state index contributed by atoms with van der Waals surface area (Å²) in [6.07, 6.45) is 1.18. The lowest BCUT2D eigenvalue weighted by Gasteiger charge is -2.23. The Balaban J connectivity index is 2.31. The van der Waals surface area contributed by atoms with E-state index in [0.29, 0.717) is 35.4 Å². The van der Waals surface area contributed by atoms with Crippen molar-refractivity contribution in [2.75, 3.05) is 12.9 Å². The number of halogens is 1. The number of ketones is 1. The second-order valence-electron chi connectivity index (χ2n) is 4.52. The molecule has 0 saturated carbocycles. The molecule has 0 aliphatic carbocycles. The Labute approximate surface area is 116 Å². The number of carbonyl (C=O) groups is 3. The first-order valence-electron chi connectivity index (χ1n) is 6.07. The molecule has 1 aromatic rings. The summed E-state index contributed by atoms with van der Waals surface area (Å²) in [5.74, 6) is -0.167. The maximum atomic E-state index is 12.0. The minimum atomic E-state index is -0.349. The van der Waals surface area contributed by atoms with Gasteiger partial charge in [0.25, 0.3) is 5.91 Å². The van der Waals surface area contributed by atoms with Crippen molar-refractivity contribution in [1.29, 1.82) is 0 Å². The van der Waals surface area contributed by atoms with Gasteiger partial charge in [-0.3, -0.25) is 19.3 Å². The molecule has 1 aliphatic heterocycles. The van der Waals surface area contributed by atoms with Crippen molar-refractivity contribution in [3.63, 3.8) is 0 Å². The summed E-state index contributed by atoms with van der Waals surface area (Å²) < 4.78 is 0. The van der Waals surface area contributed by atoms with Crippen LogP contribution in [0.3, 0.4) is 0 Å². The van der Waals surface area contributed by atoms with Gasteiger partial charge in [0.2, 0.25) is 5.91 Å². The molecule has 0 fully saturated rings. The zero-order valence-corrected chi connectivity index (χ0v) is 11.4. The molecule has 100 valence electrons. The van der Waals surface area contributed by atoms with Crippen LogP contribution in [-0.2, 0) is 11.2 Å². The molecule has 0 saturated heterocycles. The Kier molecular flexibility index (Phi) is 4.00. The van der Waals surface area contributed by atoms with Crippen LogP contribution in [0.25, 0.3) is 0 Å². The van der Waals surface area contributed by atoms with Gasteiger partial charge in [0.1, 0.15) is 0 Å². The summed E-state index contributed by atoms with van der Waals surface area (Å²) in [6.45, 7) is 0. The average Bonchev–Trinajstić information content (AvgIpc) is 2.42. The predicted octanol–water partition coefficient (Wildman–Crippen LogP) is 2.04. The number of alkyl halides is 1. The molecule has 5 heteroatoms. The molecule has 0 bridgehead atoms. The molecule has 1 aromatic carbocycles. The minimum absolute atomic E-state index is 0.0317. The summed E-state index contributed by atoms with van der Waals surface area (Å²) in [4.78, 5) is 36.5. The number of hydrogen-bond donors (Lipinski definition) is 0. The fourth-order valence-corrected chi connectivity index (χ4v) is 2.18. The van der Waals surface area contributed by atoms with E-state index in [0.717, 1.165) is 4.90 Å². The van der Waals surface area contributed by atoms with E-state index in [4.69, 9.17) is 11.6 Å². The normalized spacial score (nSPS) is 14.5. The average molecular weight is 280 g/mol. The zero-order chi connectivity index (χ0) is 14.0. The molecule has 1 aliphatic rings. The highest BCUT2D eigenvalue weighted by molar-refractivity contribution is 6.18. The third kappa shape index (κ3) is 2.68. The zero-order valence-electron chi connectivity index (χ0n) is 10.6. The lowest BCUT2D eigenvalue weighted by molar-refractivity contribution is -0.127. The molecule has 1 heterocycles. The largest absolute Gasteiger partial charge is 0.294 e. The minimum Gasteiger partial charge on any atom is -0.294 e. The number of benzene rings is 1. The van der Waals surface area contributed by atoms with Gasteiger partial charge in [-0.2, -0.15) is 0 Å². The van der Waals surface area contributed by atoms with Crippen LogP contribution in [0.2, 0.25) is 0 Å². The molecular weight excluding hydrogens is 266 g/mol. The molecule has 0 N–H and O–H groups in total. The first-order valence-corrected chi connectivity index (χ1v) is 6.61. The second-order valence-corrected chi connectivity index (χ2v) is 4.90. The highest BCUT2D eigenvalue weighted by atomic mass is 35.5. The number of carbonyl (C=O) groups excluding carboxylic acids is 3. The first-order chi connectivity index (χ1) is 9.04. The number of fused-ring (bicyclic) bond motifs is 1. The Hall–Kier alpha value is -1.68. The van der Waals surface area contributed by atoms with Crippen LogP contribution in [0.1, 0.15) is 39.1 Å². The van der Waals surface area contributed by atoms with Crippen molar-refractivity contribution in [3.05, 3.63) is 34.9 Å². The number of hydrogen-bond acceptors (Lipinski definition) is 3. The van der Waals surface area contributed by atoms with Gasteiger partial charge >= 0.3 is 0 Å².